The first-order valence-electron chi connectivity index (χ1n) is 9.13. The summed E-state index contributed by atoms with van der Waals surface area (Å²) in [5.74, 6) is 0.0871. The highest BCUT2D eigenvalue weighted by molar-refractivity contribution is 5.94. The molecular weight excluding hydrogens is 340 g/mol. The second-order valence-corrected chi connectivity index (χ2v) is 6.87. The van der Waals surface area contributed by atoms with Crippen molar-refractivity contribution in [1.82, 2.24) is 19.4 Å². The van der Waals surface area contributed by atoms with Crippen molar-refractivity contribution < 1.29 is 9.59 Å². The lowest BCUT2D eigenvalue weighted by Crippen LogP contribution is -2.51. The molecule has 1 fully saturated rings. The van der Waals surface area contributed by atoms with Gasteiger partial charge in [-0.3, -0.25) is 14.6 Å². The minimum atomic E-state index is -0.0238. The third-order valence-corrected chi connectivity index (χ3v) is 5.15. The summed E-state index contributed by atoms with van der Waals surface area (Å²) in [5, 5.41) is 1.12. The van der Waals surface area contributed by atoms with Gasteiger partial charge in [0.05, 0.1) is 12.0 Å². The van der Waals surface area contributed by atoms with Gasteiger partial charge >= 0.3 is 0 Å². The number of hydrogen-bond donors (Lipinski definition) is 0. The van der Waals surface area contributed by atoms with Gasteiger partial charge in [-0.25, -0.2) is 0 Å². The Morgan fingerprint density at radius 1 is 1.00 bits per heavy atom. The van der Waals surface area contributed by atoms with Crippen molar-refractivity contribution in [3.8, 4) is 0 Å². The average molecular weight is 362 g/mol. The van der Waals surface area contributed by atoms with E-state index in [1.165, 1.54) is 0 Å². The van der Waals surface area contributed by atoms with E-state index < -0.39 is 0 Å². The van der Waals surface area contributed by atoms with Crippen LogP contribution < -0.4 is 0 Å². The number of fused-ring (bicyclic) bond motifs is 1. The zero-order valence-corrected chi connectivity index (χ0v) is 15.3. The SMILES string of the molecule is Cn1cc(CC(=O)N2CCN(C(=O)c3cccnc3)CC2)c2ccccc21. The minimum Gasteiger partial charge on any atom is -0.350 e. The van der Waals surface area contributed by atoms with Crippen molar-refractivity contribution in [2.24, 2.45) is 7.05 Å². The summed E-state index contributed by atoms with van der Waals surface area (Å²) in [4.78, 5) is 32.9. The third-order valence-electron chi connectivity index (χ3n) is 5.15. The Morgan fingerprint density at radius 2 is 1.74 bits per heavy atom. The Balaban J connectivity index is 1.39. The number of nitrogens with zero attached hydrogens (tertiary/aromatic N) is 4. The van der Waals surface area contributed by atoms with Crippen LogP contribution in [0.15, 0.2) is 55.0 Å². The molecule has 0 N–H and O–H groups in total. The summed E-state index contributed by atoms with van der Waals surface area (Å²) < 4.78 is 2.06. The second-order valence-electron chi connectivity index (χ2n) is 6.87. The number of carbonyl (C=O) groups excluding carboxylic acids is 2. The minimum absolute atomic E-state index is 0.0238. The largest absolute Gasteiger partial charge is 0.350 e. The molecular formula is C21H22N4O2. The number of rotatable bonds is 3. The number of para-hydroxylation sites is 1. The van der Waals surface area contributed by atoms with Crippen LogP contribution in [0.2, 0.25) is 0 Å². The number of carbonyl (C=O) groups is 2. The van der Waals surface area contributed by atoms with E-state index in [1.54, 1.807) is 29.4 Å². The fourth-order valence-corrected chi connectivity index (χ4v) is 3.67. The summed E-state index contributed by atoms with van der Waals surface area (Å²) >= 11 is 0. The Kier molecular flexibility index (Phi) is 4.62. The van der Waals surface area contributed by atoms with E-state index in [0.29, 0.717) is 38.2 Å². The Bertz CT molecular complexity index is 972. The average Bonchev–Trinajstić information content (AvgIpc) is 3.04. The zero-order valence-electron chi connectivity index (χ0n) is 15.3. The lowest BCUT2D eigenvalue weighted by molar-refractivity contribution is -0.131. The molecule has 27 heavy (non-hydrogen) atoms. The molecule has 6 nitrogen and oxygen atoms in total. The number of aromatic nitrogens is 2. The number of hydrogen-bond acceptors (Lipinski definition) is 3. The lowest BCUT2D eigenvalue weighted by Gasteiger charge is -2.34. The maximum absolute atomic E-state index is 12.8. The summed E-state index contributed by atoms with van der Waals surface area (Å²) in [6.07, 6.45) is 5.66. The molecule has 1 aliphatic heterocycles. The quantitative estimate of drug-likeness (QED) is 0.717. The van der Waals surface area contributed by atoms with Crippen molar-refractivity contribution in [3.63, 3.8) is 0 Å². The van der Waals surface area contributed by atoms with Crippen molar-refractivity contribution >= 4 is 22.7 Å². The molecule has 1 saturated heterocycles. The van der Waals surface area contributed by atoms with E-state index in [0.717, 1.165) is 16.5 Å². The molecule has 0 saturated carbocycles. The molecule has 6 heteroatoms. The van der Waals surface area contributed by atoms with Gasteiger partial charge in [-0.05, 0) is 23.8 Å². The van der Waals surface area contributed by atoms with Crippen molar-refractivity contribution in [2.75, 3.05) is 26.2 Å². The summed E-state index contributed by atoms with van der Waals surface area (Å²) in [7, 11) is 2.00. The molecule has 2 aromatic heterocycles. The van der Waals surface area contributed by atoms with Gasteiger partial charge in [-0.2, -0.15) is 0 Å². The maximum atomic E-state index is 12.8. The number of benzene rings is 1. The molecule has 0 aliphatic carbocycles. The number of piperazine rings is 1. The number of amides is 2. The summed E-state index contributed by atoms with van der Waals surface area (Å²) in [6.45, 7) is 2.23. The highest BCUT2D eigenvalue weighted by Gasteiger charge is 2.25. The van der Waals surface area contributed by atoms with Crippen molar-refractivity contribution in [3.05, 3.63) is 66.1 Å². The number of pyridine rings is 1. The number of aryl methyl sites for hydroxylation is 1. The van der Waals surface area contributed by atoms with E-state index >= 15 is 0 Å². The molecule has 3 aromatic rings. The van der Waals surface area contributed by atoms with Crippen LogP contribution in [0, 0.1) is 0 Å². The second kappa shape index (κ2) is 7.23. The van der Waals surface area contributed by atoms with Crippen LogP contribution in [0.5, 0.6) is 0 Å². The Hall–Kier alpha value is -3.15. The first-order valence-corrected chi connectivity index (χ1v) is 9.13. The van der Waals surface area contributed by atoms with Gasteiger partial charge in [0.2, 0.25) is 5.91 Å². The van der Waals surface area contributed by atoms with Crippen molar-refractivity contribution in [2.45, 2.75) is 6.42 Å². The summed E-state index contributed by atoms with van der Waals surface area (Å²) in [5.41, 5.74) is 2.77. The first-order chi connectivity index (χ1) is 13.1. The van der Waals surface area contributed by atoms with E-state index in [4.69, 9.17) is 0 Å². The predicted molar refractivity (Wildman–Crippen MR) is 103 cm³/mol. The zero-order chi connectivity index (χ0) is 18.8. The standard InChI is InChI=1S/C21H22N4O2/c1-23-15-17(18-6-2-3-7-19(18)23)13-20(26)24-9-11-25(12-10-24)21(27)16-5-4-8-22-14-16/h2-8,14-15H,9-13H2,1H3. The van der Waals surface area contributed by atoms with Crippen LogP contribution in [0.1, 0.15) is 15.9 Å². The molecule has 2 amide bonds. The molecule has 0 radical (unpaired) electrons. The molecule has 0 bridgehead atoms. The van der Waals surface area contributed by atoms with Gasteiger partial charge in [-0.1, -0.05) is 18.2 Å². The Morgan fingerprint density at radius 3 is 2.48 bits per heavy atom. The fourth-order valence-electron chi connectivity index (χ4n) is 3.67. The first kappa shape index (κ1) is 17.3. The van der Waals surface area contributed by atoms with E-state index in [-0.39, 0.29) is 11.8 Å². The van der Waals surface area contributed by atoms with Gasteiger partial charge < -0.3 is 14.4 Å². The molecule has 0 atom stereocenters. The molecule has 4 rings (SSSR count). The van der Waals surface area contributed by atoms with Crippen LogP contribution in [-0.4, -0.2) is 57.3 Å². The van der Waals surface area contributed by atoms with Crippen LogP contribution in [0.25, 0.3) is 10.9 Å². The predicted octanol–water partition coefficient (Wildman–Crippen LogP) is 2.10. The smallest absolute Gasteiger partial charge is 0.255 e. The Labute approximate surface area is 158 Å². The highest BCUT2D eigenvalue weighted by atomic mass is 16.2. The van der Waals surface area contributed by atoms with Crippen LogP contribution in [0.3, 0.4) is 0 Å². The van der Waals surface area contributed by atoms with Gasteiger partial charge in [0.15, 0.2) is 0 Å². The lowest BCUT2D eigenvalue weighted by atomic mass is 10.1. The summed E-state index contributed by atoms with van der Waals surface area (Å²) in [6, 6.07) is 11.7. The normalized spacial score (nSPS) is 14.6. The van der Waals surface area contributed by atoms with Gasteiger partial charge in [0, 0.05) is 62.7 Å². The topological polar surface area (TPSA) is 58.4 Å². The maximum Gasteiger partial charge on any atom is 0.255 e. The van der Waals surface area contributed by atoms with E-state index in [9.17, 15) is 9.59 Å². The molecule has 1 aromatic carbocycles. The highest BCUT2D eigenvalue weighted by Crippen LogP contribution is 2.21. The van der Waals surface area contributed by atoms with Crippen LogP contribution >= 0.6 is 0 Å². The van der Waals surface area contributed by atoms with Crippen LogP contribution in [0.4, 0.5) is 0 Å². The van der Waals surface area contributed by atoms with Gasteiger partial charge in [0.25, 0.3) is 5.91 Å². The van der Waals surface area contributed by atoms with Gasteiger partial charge in [0.1, 0.15) is 0 Å². The van der Waals surface area contributed by atoms with E-state index in [1.807, 2.05) is 30.3 Å². The molecule has 138 valence electrons. The van der Waals surface area contributed by atoms with Crippen LogP contribution in [-0.2, 0) is 18.3 Å². The molecule has 0 spiro atoms. The molecule has 3 heterocycles. The molecule has 1 aliphatic rings. The monoisotopic (exact) mass is 362 g/mol. The molecule has 0 unspecified atom stereocenters. The van der Waals surface area contributed by atoms with Gasteiger partial charge in [-0.15, -0.1) is 0 Å². The fraction of sp³-hybridized carbons (Fsp3) is 0.286. The van der Waals surface area contributed by atoms with E-state index in [2.05, 4.69) is 21.7 Å². The third kappa shape index (κ3) is 3.43. The van der Waals surface area contributed by atoms with Crippen molar-refractivity contribution in [1.29, 1.82) is 0 Å².